The summed E-state index contributed by atoms with van der Waals surface area (Å²) in [7, 11) is 0. The maximum absolute atomic E-state index is 12.8. The van der Waals surface area contributed by atoms with E-state index in [2.05, 4.69) is 118 Å². The highest BCUT2D eigenvalue weighted by Gasteiger charge is 2.19. The van der Waals surface area contributed by atoms with Gasteiger partial charge in [-0.15, -0.1) is 0 Å². The second-order valence-corrected chi connectivity index (χ2v) is 20.6. The largest absolute Gasteiger partial charge is 0.462 e. The number of carbonyl (C=O) groups excluding carboxylic acids is 3. The van der Waals surface area contributed by atoms with Crippen LogP contribution in [0, 0.1) is 0 Å². The van der Waals surface area contributed by atoms with Crippen molar-refractivity contribution in [3.05, 3.63) is 97.2 Å². The number of ether oxygens (including phenoxy) is 3. The molecule has 0 aliphatic rings. The lowest BCUT2D eigenvalue weighted by Gasteiger charge is -2.18. The topological polar surface area (TPSA) is 78.9 Å². The Bertz CT molecular complexity index is 1460. The molecule has 0 aliphatic heterocycles. The number of esters is 3. The lowest BCUT2D eigenvalue weighted by atomic mass is 10.1. The van der Waals surface area contributed by atoms with Crippen LogP contribution < -0.4 is 0 Å². The van der Waals surface area contributed by atoms with Crippen molar-refractivity contribution in [1.82, 2.24) is 0 Å². The molecule has 0 saturated heterocycles. The highest BCUT2D eigenvalue weighted by Crippen LogP contribution is 2.16. The van der Waals surface area contributed by atoms with Crippen molar-refractivity contribution in [2.45, 2.75) is 303 Å². The summed E-state index contributed by atoms with van der Waals surface area (Å²) < 4.78 is 16.8. The number of hydrogen-bond acceptors (Lipinski definition) is 6. The molecule has 0 fully saturated rings. The molecule has 424 valence electrons. The minimum atomic E-state index is -0.779. The van der Waals surface area contributed by atoms with Crippen LogP contribution in [-0.2, 0) is 28.6 Å². The molecular formula is C68H116O6. The predicted octanol–water partition coefficient (Wildman–Crippen LogP) is 21.3. The number of unbranched alkanes of at least 4 members (excludes halogenated alkanes) is 29. The Kier molecular flexibility index (Phi) is 58.8. The molecule has 0 amide bonds. The molecule has 74 heavy (non-hydrogen) atoms. The summed E-state index contributed by atoms with van der Waals surface area (Å²) in [5.41, 5.74) is 0. The fourth-order valence-electron chi connectivity index (χ4n) is 8.65. The van der Waals surface area contributed by atoms with Gasteiger partial charge in [-0.05, 0) is 103 Å². The molecule has 0 spiro atoms. The van der Waals surface area contributed by atoms with Crippen molar-refractivity contribution in [2.75, 3.05) is 13.2 Å². The maximum Gasteiger partial charge on any atom is 0.306 e. The molecule has 0 aliphatic carbocycles. The molecule has 0 saturated carbocycles. The Hall–Kier alpha value is -3.67. The minimum absolute atomic E-state index is 0.0793. The zero-order valence-electron chi connectivity index (χ0n) is 48.6. The van der Waals surface area contributed by atoms with Crippen LogP contribution in [0.25, 0.3) is 0 Å². The first-order valence-electron chi connectivity index (χ1n) is 31.2. The summed E-state index contributed by atoms with van der Waals surface area (Å²) in [6, 6.07) is 0. The summed E-state index contributed by atoms with van der Waals surface area (Å²) in [5, 5.41) is 0. The van der Waals surface area contributed by atoms with E-state index < -0.39 is 6.10 Å². The molecule has 0 bridgehead atoms. The minimum Gasteiger partial charge on any atom is -0.462 e. The normalized spacial score (nSPS) is 12.7. The molecular weight excluding hydrogens is 913 g/mol. The second kappa shape index (κ2) is 61.9. The van der Waals surface area contributed by atoms with Gasteiger partial charge in [-0.1, -0.05) is 272 Å². The van der Waals surface area contributed by atoms with Gasteiger partial charge < -0.3 is 14.2 Å². The lowest BCUT2D eigenvalue weighted by Crippen LogP contribution is -2.30. The number of carbonyl (C=O) groups is 3. The lowest BCUT2D eigenvalue weighted by molar-refractivity contribution is -0.167. The average molecular weight is 1030 g/mol. The molecule has 0 aromatic rings. The van der Waals surface area contributed by atoms with Gasteiger partial charge in [0.05, 0.1) is 0 Å². The fraction of sp³-hybridized carbons (Fsp3) is 0.721. The van der Waals surface area contributed by atoms with Gasteiger partial charge in [-0.3, -0.25) is 14.4 Å². The van der Waals surface area contributed by atoms with E-state index >= 15 is 0 Å². The van der Waals surface area contributed by atoms with Crippen molar-refractivity contribution in [3.8, 4) is 0 Å². The summed E-state index contributed by atoms with van der Waals surface area (Å²) in [4.78, 5) is 38.0. The first kappa shape index (κ1) is 70.3. The van der Waals surface area contributed by atoms with Crippen molar-refractivity contribution < 1.29 is 28.6 Å². The number of hydrogen-bond donors (Lipinski definition) is 0. The van der Waals surface area contributed by atoms with E-state index in [1.165, 1.54) is 154 Å². The molecule has 1 atom stereocenters. The van der Waals surface area contributed by atoms with Gasteiger partial charge in [0, 0.05) is 19.3 Å². The van der Waals surface area contributed by atoms with E-state index in [1.807, 2.05) is 0 Å². The summed E-state index contributed by atoms with van der Waals surface area (Å²) in [5.74, 6) is -0.891. The molecule has 6 heteroatoms. The Morgan fingerprint density at radius 2 is 0.527 bits per heavy atom. The summed E-state index contributed by atoms with van der Waals surface area (Å²) in [6.07, 6.45) is 83.0. The van der Waals surface area contributed by atoms with Gasteiger partial charge in [0.1, 0.15) is 13.2 Å². The molecule has 1 unspecified atom stereocenters. The summed E-state index contributed by atoms with van der Waals surface area (Å²) >= 11 is 0. The van der Waals surface area contributed by atoms with Crippen molar-refractivity contribution in [1.29, 1.82) is 0 Å². The van der Waals surface area contributed by atoms with Gasteiger partial charge in [-0.25, -0.2) is 0 Å². The van der Waals surface area contributed by atoms with Gasteiger partial charge in [0.15, 0.2) is 6.10 Å². The third kappa shape index (κ3) is 59.2. The molecule has 6 nitrogen and oxygen atoms in total. The molecule has 0 radical (unpaired) electrons. The van der Waals surface area contributed by atoms with E-state index in [0.717, 1.165) is 103 Å². The summed E-state index contributed by atoms with van der Waals surface area (Å²) in [6.45, 7) is 6.47. The van der Waals surface area contributed by atoms with Crippen molar-refractivity contribution >= 4 is 17.9 Å². The third-order valence-corrected chi connectivity index (χ3v) is 13.3. The van der Waals surface area contributed by atoms with E-state index in [-0.39, 0.29) is 31.1 Å². The van der Waals surface area contributed by atoms with E-state index in [4.69, 9.17) is 14.2 Å². The smallest absolute Gasteiger partial charge is 0.306 e. The van der Waals surface area contributed by atoms with E-state index in [0.29, 0.717) is 19.3 Å². The van der Waals surface area contributed by atoms with Crippen LogP contribution >= 0.6 is 0 Å². The highest BCUT2D eigenvalue weighted by atomic mass is 16.6. The standard InChI is InChI=1S/C68H116O6/c1-4-7-10-13-16-18-20-22-24-26-28-30-31-32-33-34-35-36-37-39-40-42-44-46-48-50-52-55-58-61-67(70)73-64-65(63-72-66(69)60-57-54-15-12-9-6-3)74-68(71)62-59-56-53-51-49-47-45-43-41-38-29-27-25-23-21-19-17-14-11-8-5-2/h7,10,16,18,21-24,27-30,32-33,35-36,65H,4-6,8-9,11-15,17,19-20,25-26,31,34,37-64H2,1-3H3/b10-7-,18-16-,23-21-,24-22-,29-27-,30-28-,33-32-,36-35-. The fourth-order valence-corrected chi connectivity index (χ4v) is 8.65. The first-order valence-corrected chi connectivity index (χ1v) is 31.2. The molecule has 0 aromatic carbocycles. The first-order chi connectivity index (χ1) is 36.5. The average Bonchev–Trinajstić information content (AvgIpc) is 3.40. The predicted molar refractivity (Wildman–Crippen MR) is 320 cm³/mol. The van der Waals surface area contributed by atoms with Crippen LogP contribution in [0.1, 0.15) is 297 Å². The van der Waals surface area contributed by atoms with Gasteiger partial charge in [-0.2, -0.15) is 0 Å². The Balaban J connectivity index is 4.12. The Morgan fingerprint density at radius 3 is 0.824 bits per heavy atom. The maximum atomic E-state index is 12.8. The quantitative estimate of drug-likeness (QED) is 0.0261. The zero-order valence-corrected chi connectivity index (χ0v) is 48.6. The van der Waals surface area contributed by atoms with Crippen LogP contribution in [0.4, 0.5) is 0 Å². The highest BCUT2D eigenvalue weighted by molar-refractivity contribution is 5.71. The Labute approximate surface area is 457 Å². The second-order valence-electron chi connectivity index (χ2n) is 20.6. The van der Waals surface area contributed by atoms with Crippen LogP contribution in [-0.4, -0.2) is 37.2 Å². The number of allylic oxidation sites excluding steroid dienone is 16. The van der Waals surface area contributed by atoms with E-state index in [1.54, 1.807) is 0 Å². The van der Waals surface area contributed by atoms with Crippen LogP contribution in [0.5, 0.6) is 0 Å². The number of rotatable bonds is 56. The van der Waals surface area contributed by atoms with Crippen molar-refractivity contribution in [3.63, 3.8) is 0 Å². The van der Waals surface area contributed by atoms with Crippen molar-refractivity contribution in [2.24, 2.45) is 0 Å². The zero-order chi connectivity index (χ0) is 53.6. The van der Waals surface area contributed by atoms with Gasteiger partial charge >= 0.3 is 17.9 Å². The third-order valence-electron chi connectivity index (χ3n) is 13.3. The molecule has 0 N–H and O–H groups in total. The van der Waals surface area contributed by atoms with E-state index in [9.17, 15) is 14.4 Å². The monoisotopic (exact) mass is 1030 g/mol. The van der Waals surface area contributed by atoms with Gasteiger partial charge in [0.2, 0.25) is 0 Å². The molecule has 0 rings (SSSR count). The van der Waals surface area contributed by atoms with Crippen LogP contribution in [0.3, 0.4) is 0 Å². The van der Waals surface area contributed by atoms with Gasteiger partial charge in [0.25, 0.3) is 0 Å². The molecule has 0 heterocycles. The Morgan fingerprint density at radius 1 is 0.284 bits per heavy atom. The molecule has 0 aromatic heterocycles. The van der Waals surface area contributed by atoms with Crippen LogP contribution in [0.2, 0.25) is 0 Å². The van der Waals surface area contributed by atoms with Crippen LogP contribution in [0.15, 0.2) is 97.2 Å². The SMILES string of the molecule is CC/C=C\C/C=C\C/C=C\C/C=C\C/C=C\C/C=C\CCCCCCCCCCCCC(=O)OCC(COC(=O)CCCCCCCC)OC(=O)CCCCCCCCCCC/C=C\C/C=C\CCCCCCC.